The number of aromatic nitrogens is 1. The van der Waals surface area contributed by atoms with E-state index in [2.05, 4.69) is 20.6 Å². The molecular formula is C20H25F2IN4O. The van der Waals surface area contributed by atoms with Crippen LogP contribution in [0.25, 0.3) is 0 Å². The van der Waals surface area contributed by atoms with Crippen molar-refractivity contribution in [3.05, 3.63) is 59.3 Å². The standard InChI is InChI=1S/C20H24F2N4O.HI/c1-2-23-20(26-12-16-9-17(21)6-7-18(16)22)25-11-15-5-8-19(24-10-15)27-13-14-3-4-14;/h5-10,14H,2-4,11-13H2,1H3,(H2,23,25,26);1H. The molecule has 152 valence electrons. The summed E-state index contributed by atoms with van der Waals surface area (Å²) in [5.41, 5.74) is 1.18. The average molecular weight is 502 g/mol. The molecule has 2 N–H and O–H groups in total. The predicted octanol–water partition coefficient (Wildman–Crippen LogP) is 4.02. The molecule has 0 unspecified atom stereocenters. The van der Waals surface area contributed by atoms with Gasteiger partial charge < -0.3 is 15.4 Å². The molecule has 1 aliphatic rings. The first-order valence-electron chi connectivity index (χ1n) is 9.18. The summed E-state index contributed by atoms with van der Waals surface area (Å²) in [6.45, 7) is 3.88. The molecule has 1 aromatic heterocycles. The van der Waals surface area contributed by atoms with Crippen molar-refractivity contribution in [1.29, 1.82) is 0 Å². The Morgan fingerprint density at radius 3 is 2.71 bits per heavy atom. The molecule has 0 amide bonds. The fourth-order valence-corrected chi connectivity index (χ4v) is 2.45. The molecule has 2 aromatic rings. The number of nitrogens with one attached hydrogen (secondary N) is 2. The van der Waals surface area contributed by atoms with E-state index < -0.39 is 11.6 Å². The number of benzene rings is 1. The third-order valence-electron chi connectivity index (χ3n) is 4.18. The summed E-state index contributed by atoms with van der Waals surface area (Å²) in [6, 6.07) is 7.17. The fraction of sp³-hybridized carbons (Fsp3) is 0.400. The summed E-state index contributed by atoms with van der Waals surface area (Å²) >= 11 is 0. The van der Waals surface area contributed by atoms with Crippen molar-refractivity contribution in [1.82, 2.24) is 15.6 Å². The second-order valence-electron chi connectivity index (χ2n) is 6.54. The molecular weight excluding hydrogens is 477 g/mol. The van der Waals surface area contributed by atoms with E-state index in [0.717, 1.165) is 24.3 Å². The van der Waals surface area contributed by atoms with Crippen LogP contribution in [-0.2, 0) is 13.1 Å². The van der Waals surface area contributed by atoms with Crippen molar-refractivity contribution in [2.24, 2.45) is 10.9 Å². The van der Waals surface area contributed by atoms with Crippen molar-refractivity contribution >= 4 is 29.9 Å². The maximum absolute atomic E-state index is 13.7. The Balaban J connectivity index is 0.00000280. The number of ether oxygens (including phenoxy) is 1. The molecule has 0 spiro atoms. The van der Waals surface area contributed by atoms with Crippen molar-refractivity contribution < 1.29 is 13.5 Å². The van der Waals surface area contributed by atoms with Crippen molar-refractivity contribution in [3.63, 3.8) is 0 Å². The minimum Gasteiger partial charge on any atom is -0.477 e. The third kappa shape index (κ3) is 7.21. The number of nitrogens with zero attached hydrogens (tertiary/aromatic N) is 2. The first kappa shape index (κ1) is 22.3. The molecule has 1 aromatic carbocycles. The second-order valence-corrected chi connectivity index (χ2v) is 6.54. The minimum absolute atomic E-state index is 0. The van der Waals surface area contributed by atoms with Gasteiger partial charge in [0.25, 0.3) is 0 Å². The van der Waals surface area contributed by atoms with Gasteiger partial charge in [0, 0.05) is 30.9 Å². The Morgan fingerprint density at radius 1 is 1.21 bits per heavy atom. The number of hydrogen-bond donors (Lipinski definition) is 2. The third-order valence-corrected chi connectivity index (χ3v) is 4.18. The van der Waals surface area contributed by atoms with Crippen LogP contribution in [0.5, 0.6) is 5.88 Å². The van der Waals surface area contributed by atoms with Crippen LogP contribution in [0.2, 0.25) is 0 Å². The molecule has 1 heterocycles. The topological polar surface area (TPSA) is 58.5 Å². The molecule has 1 aliphatic carbocycles. The van der Waals surface area contributed by atoms with Crippen LogP contribution >= 0.6 is 24.0 Å². The molecule has 1 fully saturated rings. The second kappa shape index (κ2) is 11.1. The van der Waals surface area contributed by atoms with Crippen LogP contribution in [0.15, 0.2) is 41.5 Å². The van der Waals surface area contributed by atoms with E-state index in [0.29, 0.717) is 30.8 Å². The van der Waals surface area contributed by atoms with E-state index in [1.807, 2.05) is 19.1 Å². The summed E-state index contributed by atoms with van der Waals surface area (Å²) in [5.74, 6) is 0.917. The van der Waals surface area contributed by atoms with Crippen LogP contribution in [0, 0.1) is 17.6 Å². The molecule has 3 rings (SSSR count). The average Bonchev–Trinajstić information content (AvgIpc) is 3.50. The van der Waals surface area contributed by atoms with E-state index >= 15 is 0 Å². The Labute approximate surface area is 181 Å². The lowest BCUT2D eigenvalue weighted by atomic mass is 10.2. The van der Waals surface area contributed by atoms with Crippen LogP contribution in [-0.4, -0.2) is 24.1 Å². The fourth-order valence-electron chi connectivity index (χ4n) is 2.45. The van der Waals surface area contributed by atoms with Crippen LogP contribution in [0.1, 0.15) is 30.9 Å². The molecule has 0 bridgehead atoms. The molecule has 5 nitrogen and oxygen atoms in total. The van der Waals surface area contributed by atoms with E-state index in [4.69, 9.17) is 4.74 Å². The first-order chi connectivity index (χ1) is 13.1. The molecule has 1 saturated carbocycles. The number of rotatable bonds is 8. The van der Waals surface area contributed by atoms with E-state index in [-0.39, 0.29) is 36.1 Å². The largest absolute Gasteiger partial charge is 0.477 e. The normalized spacial score (nSPS) is 13.6. The first-order valence-corrected chi connectivity index (χ1v) is 9.18. The highest BCUT2D eigenvalue weighted by Gasteiger charge is 2.22. The van der Waals surface area contributed by atoms with Crippen molar-refractivity contribution in [2.45, 2.75) is 32.9 Å². The Kier molecular flexibility index (Phi) is 8.88. The number of aliphatic imine (C=N–C) groups is 1. The Hall–Kier alpha value is -1.97. The molecule has 8 heteroatoms. The van der Waals surface area contributed by atoms with Crippen LogP contribution in [0.4, 0.5) is 8.78 Å². The quantitative estimate of drug-likeness (QED) is 0.326. The predicted molar refractivity (Wildman–Crippen MR) is 116 cm³/mol. The molecule has 0 radical (unpaired) electrons. The number of pyridine rings is 1. The SMILES string of the molecule is CCNC(=NCc1ccc(OCC2CC2)nc1)NCc1cc(F)ccc1F.I. The maximum Gasteiger partial charge on any atom is 0.213 e. The number of guanidine groups is 1. The lowest BCUT2D eigenvalue weighted by molar-refractivity contribution is 0.288. The zero-order valence-electron chi connectivity index (χ0n) is 15.8. The highest BCUT2D eigenvalue weighted by atomic mass is 127. The number of hydrogen-bond acceptors (Lipinski definition) is 3. The highest BCUT2D eigenvalue weighted by molar-refractivity contribution is 14.0. The van der Waals surface area contributed by atoms with Gasteiger partial charge in [0.1, 0.15) is 11.6 Å². The summed E-state index contributed by atoms with van der Waals surface area (Å²) in [7, 11) is 0. The zero-order chi connectivity index (χ0) is 19.1. The molecule has 28 heavy (non-hydrogen) atoms. The highest BCUT2D eigenvalue weighted by Crippen LogP contribution is 2.29. The van der Waals surface area contributed by atoms with E-state index in [1.54, 1.807) is 6.20 Å². The van der Waals surface area contributed by atoms with Gasteiger partial charge in [-0.1, -0.05) is 6.07 Å². The Morgan fingerprint density at radius 2 is 2.04 bits per heavy atom. The summed E-state index contributed by atoms with van der Waals surface area (Å²) in [5, 5.41) is 6.10. The maximum atomic E-state index is 13.7. The van der Waals surface area contributed by atoms with Crippen molar-refractivity contribution in [2.75, 3.05) is 13.2 Å². The zero-order valence-corrected chi connectivity index (χ0v) is 18.1. The monoisotopic (exact) mass is 502 g/mol. The van der Waals surface area contributed by atoms with Crippen molar-refractivity contribution in [3.8, 4) is 5.88 Å². The van der Waals surface area contributed by atoms with Gasteiger partial charge in [-0.25, -0.2) is 18.8 Å². The van der Waals surface area contributed by atoms with Gasteiger partial charge >= 0.3 is 0 Å². The van der Waals surface area contributed by atoms with Gasteiger partial charge in [-0.2, -0.15) is 0 Å². The lowest BCUT2D eigenvalue weighted by Crippen LogP contribution is -2.37. The lowest BCUT2D eigenvalue weighted by Gasteiger charge is -2.12. The molecule has 0 aliphatic heterocycles. The van der Waals surface area contributed by atoms with Gasteiger partial charge in [-0.15, -0.1) is 24.0 Å². The Bertz CT molecular complexity index is 782. The molecule has 0 atom stereocenters. The van der Waals surface area contributed by atoms with E-state index in [1.165, 1.54) is 18.9 Å². The summed E-state index contributed by atoms with van der Waals surface area (Å²) in [4.78, 5) is 8.76. The summed E-state index contributed by atoms with van der Waals surface area (Å²) < 4.78 is 32.6. The summed E-state index contributed by atoms with van der Waals surface area (Å²) in [6.07, 6.45) is 4.22. The smallest absolute Gasteiger partial charge is 0.213 e. The van der Waals surface area contributed by atoms with Crippen LogP contribution < -0.4 is 15.4 Å². The van der Waals surface area contributed by atoms with Crippen LogP contribution in [0.3, 0.4) is 0 Å². The van der Waals surface area contributed by atoms with Gasteiger partial charge in [0.05, 0.1) is 13.2 Å². The number of halogens is 3. The van der Waals surface area contributed by atoms with Gasteiger partial charge in [0.2, 0.25) is 5.88 Å². The minimum atomic E-state index is -0.467. The van der Waals surface area contributed by atoms with E-state index in [9.17, 15) is 8.78 Å². The van der Waals surface area contributed by atoms with Gasteiger partial charge in [-0.05, 0) is 49.4 Å². The van der Waals surface area contributed by atoms with Gasteiger partial charge in [-0.3, -0.25) is 0 Å². The van der Waals surface area contributed by atoms with Gasteiger partial charge in [0.15, 0.2) is 5.96 Å². The molecule has 0 saturated heterocycles.